The molecule has 0 bridgehead atoms. The van der Waals surface area contributed by atoms with Crippen molar-refractivity contribution in [1.82, 2.24) is 4.98 Å². The van der Waals surface area contributed by atoms with Crippen molar-refractivity contribution >= 4 is 45.4 Å². The summed E-state index contributed by atoms with van der Waals surface area (Å²) < 4.78 is 6.27. The van der Waals surface area contributed by atoms with Gasteiger partial charge in [0.2, 0.25) is 0 Å². The van der Waals surface area contributed by atoms with Gasteiger partial charge in [0.15, 0.2) is 0 Å². The van der Waals surface area contributed by atoms with E-state index in [9.17, 15) is 5.11 Å². The van der Waals surface area contributed by atoms with Gasteiger partial charge in [-0.15, -0.1) is 0 Å². The van der Waals surface area contributed by atoms with Crippen molar-refractivity contribution in [3.63, 3.8) is 0 Å². The van der Waals surface area contributed by atoms with E-state index in [0.717, 1.165) is 21.9 Å². The van der Waals surface area contributed by atoms with Gasteiger partial charge < -0.3 is 9.76 Å². The molecule has 0 saturated heterocycles. The monoisotopic (exact) mass is 433 g/mol. The molecule has 0 fully saturated rings. The molecule has 0 amide bonds. The van der Waals surface area contributed by atoms with Crippen LogP contribution in [-0.2, 0) is 4.65 Å². The smallest absolute Gasteiger partial charge is 0.310 e. The van der Waals surface area contributed by atoms with Gasteiger partial charge in [0.1, 0.15) is 0 Å². The number of rotatable bonds is 5. The summed E-state index contributed by atoms with van der Waals surface area (Å²) in [6, 6.07) is 27.7. The lowest BCUT2D eigenvalue weighted by Gasteiger charge is -2.37. The molecule has 164 valence electrons. The fraction of sp³-hybridized carbons (Fsp3) is 0.207. The van der Waals surface area contributed by atoms with Gasteiger partial charge in [0.05, 0.1) is 16.7 Å². The van der Waals surface area contributed by atoms with Crippen molar-refractivity contribution in [3.05, 3.63) is 85.1 Å². The van der Waals surface area contributed by atoms with E-state index in [-0.39, 0.29) is 0 Å². The third-order valence-corrected chi connectivity index (χ3v) is 6.97. The number of nitrogens with zero attached hydrogens (tertiary/aromatic N) is 1. The van der Waals surface area contributed by atoms with Gasteiger partial charge >= 0.3 is 7.48 Å². The first-order chi connectivity index (χ1) is 15.8. The lowest BCUT2D eigenvalue weighted by Crippen LogP contribution is -2.49. The predicted molar refractivity (Wildman–Crippen MR) is 140 cm³/mol. The minimum Gasteiger partial charge on any atom is -0.427 e. The average molecular weight is 433 g/mol. The molecule has 1 N–H and O–H groups in total. The van der Waals surface area contributed by atoms with E-state index in [1.807, 2.05) is 32.2 Å². The SMILES string of the molecule is CC(C)(O)C(C)(C)OBc1ccccc1-c1cc2ccccc2c2ccc3ncccc3c12. The number of aromatic nitrogens is 1. The van der Waals surface area contributed by atoms with E-state index in [1.165, 1.54) is 27.1 Å². The molecule has 0 spiro atoms. The standard InChI is InChI=1S/C29H28BNO2/c1-28(2,32)29(3,4)33-30-25-14-8-7-12-21(25)24-18-19-10-5-6-11-20(19)22-15-16-26-23(27(22)24)13-9-17-31-26/h5-18,30,32H,1-4H3. The van der Waals surface area contributed by atoms with Crippen LogP contribution in [0.3, 0.4) is 0 Å². The third-order valence-electron chi connectivity index (χ3n) is 6.97. The van der Waals surface area contributed by atoms with Gasteiger partial charge in [-0.05, 0) is 84.0 Å². The number of hydrogen-bond acceptors (Lipinski definition) is 3. The Kier molecular flexibility index (Phi) is 5.23. The highest BCUT2D eigenvalue weighted by atomic mass is 16.5. The topological polar surface area (TPSA) is 42.4 Å². The Morgan fingerprint density at radius 1 is 0.758 bits per heavy atom. The molecule has 0 aliphatic heterocycles. The molecule has 0 saturated carbocycles. The van der Waals surface area contributed by atoms with Crippen LogP contribution >= 0.6 is 0 Å². The summed E-state index contributed by atoms with van der Waals surface area (Å²) in [6.45, 7) is 7.43. The van der Waals surface area contributed by atoms with Gasteiger partial charge in [0, 0.05) is 11.6 Å². The van der Waals surface area contributed by atoms with E-state index in [4.69, 9.17) is 4.65 Å². The molecule has 3 nitrogen and oxygen atoms in total. The van der Waals surface area contributed by atoms with Gasteiger partial charge in [0.25, 0.3) is 0 Å². The van der Waals surface area contributed by atoms with Crippen molar-refractivity contribution in [3.8, 4) is 11.1 Å². The zero-order valence-corrected chi connectivity index (χ0v) is 19.6. The predicted octanol–water partition coefficient (Wildman–Crippen LogP) is 5.75. The van der Waals surface area contributed by atoms with Gasteiger partial charge in [-0.1, -0.05) is 60.7 Å². The molecule has 0 unspecified atom stereocenters. The van der Waals surface area contributed by atoms with Crippen LogP contribution in [-0.4, -0.2) is 28.8 Å². The largest absolute Gasteiger partial charge is 0.427 e. The first-order valence-corrected chi connectivity index (χ1v) is 11.4. The normalized spacial score (nSPS) is 12.5. The van der Waals surface area contributed by atoms with Crippen LogP contribution in [0.4, 0.5) is 0 Å². The lowest BCUT2D eigenvalue weighted by molar-refractivity contribution is -0.0893. The van der Waals surface area contributed by atoms with Gasteiger partial charge in [-0.25, -0.2) is 0 Å². The highest BCUT2D eigenvalue weighted by Gasteiger charge is 2.35. The van der Waals surface area contributed by atoms with E-state index >= 15 is 0 Å². The summed E-state index contributed by atoms with van der Waals surface area (Å²) >= 11 is 0. The summed E-state index contributed by atoms with van der Waals surface area (Å²) in [4.78, 5) is 4.61. The zero-order chi connectivity index (χ0) is 23.2. The molecular formula is C29H28BNO2. The maximum absolute atomic E-state index is 10.6. The average Bonchev–Trinajstić information content (AvgIpc) is 2.81. The van der Waals surface area contributed by atoms with Crippen LogP contribution in [0, 0.1) is 0 Å². The van der Waals surface area contributed by atoms with Gasteiger partial charge in [-0.3, -0.25) is 4.98 Å². The minimum absolute atomic E-state index is 0.407. The van der Waals surface area contributed by atoms with Crippen molar-refractivity contribution in [2.75, 3.05) is 0 Å². The van der Waals surface area contributed by atoms with E-state index in [0.29, 0.717) is 7.48 Å². The molecule has 0 radical (unpaired) electrons. The zero-order valence-electron chi connectivity index (χ0n) is 19.6. The molecule has 1 heterocycles. The quantitative estimate of drug-likeness (QED) is 0.284. The Bertz CT molecular complexity index is 1480. The summed E-state index contributed by atoms with van der Waals surface area (Å²) in [5, 5.41) is 16.6. The molecule has 0 aliphatic carbocycles. The van der Waals surface area contributed by atoms with E-state index in [1.54, 1.807) is 13.8 Å². The molecular weight excluding hydrogens is 405 g/mol. The minimum atomic E-state index is -0.959. The van der Waals surface area contributed by atoms with E-state index < -0.39 is 11.2 Å². The Morgan fingerprint density at radius 3 is 2.30 bits per heavy atom. The number of fused-ring (bicyclic) bond motifs is 5. The Labute approximate surface area is 195 Å². The molecule has 33 heavy (non-hydrogen) atoms. The molecule has 1 aromatic heterocycles. The van der Waals surface area contributed by atoms with Crippen LogP contribution in [0.15, 0.2) is 85.1 Å². The molecule has 5 aromatic rings. The molecule has 4 heteroatoms. The van der Waals surface area contributed by atoms with Crippen molar-refractivity contribution < 1.29 is 9.76 Å². The van der Waals surface area contributed by atoms with Crippen molar-refractivity contribution in [2.45, 2.75) is 38.9 Å². The van der Waals surface area contributed by atoms with Crippen LogP contribution < -0.4 is 5.46 Å². The molecule has 0 atom stereocenters. The second-order valence-corrected chi connectivity index (χ2v) is 9.72. The first-order valence-electron chi connectivity index (χ1n) is 11.4. The van der Waals surface area contributed by atoms with Crippen molar-refractivity contribution in [1.29, 1.82) is 0 Å². The Morgan fingerprint density at radius 2 is 1.48 bits per heavy atom. The Hall–Kier alpha value is -3.21. The summed E-state index contributed by atoms with van der Waals surface area (Å²) in [7, 11) is 0.407. The highest BCUT2D eigenvalue weighted by molar-refractivity contribution is 6.50. The highest BCUT2D eigenvalue weighted by Crippen LogP contribution is 2.38. The maximum atomic E-state index is 10.6. The second kappa shape index (κ2) is 7.98. The van der Waals surface area contributed by atoms with Crippen LogP contribution in [0.5, 0.6) is 0 Å². The van der Waals surface area contributed by atoms with Crippen molar-refractivity contribution in [2.24, 2.45) is 0 Å². The fourth-order valence-electron chi connectivity index (χ4n) is 4.32. The van der Waals surface area contributed by atoms with E-state index in [2.05, 4.69) is 71.7 Å². The maximum Gasteiger partial charge on any atom is 0.310 e. The summed E-state index contributed by atoms with van der Waals surface area (Å²) in [6.07, 6.45) is 1.84. The second-order valence-electron chi connectivity index (χ2n) is 9.72. The molecule has 0 aliphatic rings. The molecule has 5 rings (SSSR count). The third kappa shape index (κ3) is 3.80. The van der Waals surface area contributed by atoms with Crippen LogP contribution in [0.2, 0.25) is 0 Å². The number of hydrogen-bond donors (Lipinski definition) is 1. The van der Waals surface area contributed by atoms with Gasteiger partial charge in [-0.2, -0.15) is 0 Å². The number of aliphatic hydroxyl groups is 1. The first kappa shape index (κ1) is 21.6. The molecule has 4 aromatic carbocycles. The fourth-order valence-corrected chi connectivity index (χ4v) is 4.32. The number of benzene rings is 4. The lowest BCUT2D eigenvalue weighted by atomic mass is 9.77. The van der Waals surface area contributed by atoms with Crippen LogP contribution in [0.1, 0.15) is 27.7 Å². The summed E-state index contributed by atoms with van der Waals surface area (Å²) in [5.74, 6) is 0. The number of pyridine rings is 1. The van der Waals surface area contributed by atoms with Crippen LogP contribution in [0.25, 0.3) is 43.6 Å². The Balaban J connectivity index is 1.76. The summed E-state index contributed by atoms with van der Waals surface area (Å²) in [5.41, 5.74) is 2.73.